The van der Waals surface area contributed by atoms with E-state index < -0.39 is 0 Å². The lowest BCUT2D eigenvalue weighted by Gasteiger charge is -2.50. The zero-order chi connectivity index (χ0) is 33.3. The van der Waals surface area contributed by atoms with Crippen LogP contribution in [0.3, 0.4) is 0 Å². The lowest BCUT2D eigenvalue weighted by Crippen LogP contribution is -2.45. The second kappa shape index (κ2) is 13.7. The molecule has 0 bridgehead atoms. The van der Waals surface area contributed by atoms with Crippen LogP contribution in [0.1, 0.15) is 98.1 Å². The zero-order valence-electron chi connectivity index (χ0n) is 28.3. The van der Waals surface area contributed by atoms with Crippen LogP contribution in [0.5, 0.6) is 17.2 Å². The van der Waals surface area contributed by atoms with Gasteiger partial charge in [-0.2, -0.15) is 5.10 Å². The first-order valence-electron chi connectivity index (χ1n) is 17.0. The maximum Gasteiger partial charge on any atom is 0.254 e. The van der Waals surface area contributed by atoms with Crippen molar-refractivity contribution < 1.29 is 24.5 Å². The van der Waals surface area contributed by atoms with Crippen LogP contribution in [0, 0.1) is 24.2 Å². The molecule has 0 aromatic heterocycles. The molecule has 2 saturated carbocycles. The first kappa shape index (κ1) is 33.0. The Morgan fingerprint density at radius 1 is 1.00 bits per heavy atom. The van der Waals surface area contributed by atoms with Crippen molar-refractivity contribution in [1.82, 2.24) is 10.7 Å². The van der Waals surface area contributed by atoms with Crippen molar-refractivity contribution in [2.45, 2.75) is 83.3 Å². The maximum atomic E-state index is 13.5. The largest absolute Gasteiger partial charge is 0.508 e. The van der Waals surface area contributed by atoms with Gasteiger partial charge in [-0.1, -0.05) is 38.1 Å². The van der Waals surface area contributed by atoms with Gasteiger partial charge in [0.25, 0.3) is 5.91 Å². The van der Waals surface area contributed by atoms with Crippen molar-refractivity contribution >= 4 is 11.6 Å². The molecule has 0 radical (unpaired) electrons. The van der Waals surface area contributed by atoms with Crippen LogP contribution in [0.2, 0.25) is 0 Å². The Morgan fingerprint density at radius 3 is 2.30 bits per heavy atom. The minimum Gasteiger partial charge on any atom is -0.508 e. The number of carbonyl (C=O) groups is 1. The molecule has 8 heteroatoms. The number of phenols is 1. The van der Waals surface area contributed by atoms with Crippen molar-refractivity contribution in [3.8, 4) is 17.2 Å². The van der Waals surface area contributed by atoms with Crippen molar-refractivity contribution in [3.05, 3.63) is 88.5 Å². The summed E-state index contributed by atoms with van der Waals surface area (Å²) >= 11 is 0. The summed E-state index contributed by atoms with van der Waals surface area (Å²) in [5.41, 5.74) is 9.02. The number of aliphatic hydroxyl groups is 1. The highest BCUT2D eigenvalue weighted by Crippen LogP contribution is 2.61. The van der Waals surface area contributed by atoms with Gasteiger partial charge in [0.15, 0.2) is 0 Å². The van der Waals surface area contributed by atoms with Crippen LogP contribution >= 0.6 is 0 Å². The molecule has 7 unspecified atom stereocenters. The summed E-state index contributed by atoms with van der Waals surface area (Å²) in [6.45, 7) is 6.54. The monoisotopic (exact) mass is 639 g/mol. The van der Waals surface area contributed by atoms with Crippen LogP contribution in [0.25, 0.3) is 0 Å². The van der Waals surface area contributed by atoms with E-state index in [1.165, 1.54) is 5.56 Å². The molecule has 47 heavy (non-hydrogen) atoms. The Labute approximate surface area is 278 Å². The molecular formula is C39H49N3O5. The highest BCUT2D eigenvalue weighted by atomic mass is 16.5. The Bertz CT molecular complexity index is 1600. The number of carbonyl (C=O) groups excluding carboxylic acids is 1. The lowest BCUT2D eigenvalue weighted by atomic mass is 9.54. The van der Waals surface area contributed by atoms with E-state index in [-0.39, 0.29) is 41.7 Å². The number of benzene rings is 3. The second-order valence-electron chi connectivity index (χ2n) is 14.0. The minimum atomic E-state index is -0.273. The smallest absolute Gasteiger partial charge is 0.254 e. The third kappa shape index (κ3) is 6.38. The predicted molar refractivity (Wildman–Crippen MR) is 184 cm³/mol. The molecule has 7 atom stereocenters. The van der Waals surface area contributed by atoms with E-state index in [0.717, 1.165) is 71.6 Å². The third-order valence-corrected chi connectivity index (χ3v) is 11.5. The molecule has 0 heterocycles. The van der Waals surface area contributed by atoms with Gasteiger partial charge < -0.3 is 25.0 Å². The molecule has 250 valence electrons. The van der Waals surface area contributed by atoms with Crippen LogP contribution < -0.4 is 20.2 Å². The number of fused-ring (bicyclic) bond motifs is 5. The third-order valence-electron chi connectivity index (χ3n) is 11.5. The number of aliphatic hydroxyl groups excluding tert-OH is 1. The number of nitrogens with one attached hydrogen (secondary N) is 2. The van der Waals surface area contributed by atoms with Gasteiger partial charge in [0.05, 0.1) is 32.6 Å². The number of aryl methyl sites for hydroxylation is 1. The number of methoxy groups -OCH3 is 2. The number of hydrogen-bond donors (Lipinski definition) is 4. The van der Waals surface area contributed by atoms with E-state index in [9.17, 15) is 15.0 Å². The fourth-order valence-electron chi connectivity index (χ4n) is 9.04. The summed E-state index contributed by atoms with van der Waals surface area (Å²) < 4.78 is 10.8. The number of aromatic hydroxyl groups is 1. The Morgan fingerprint density at radius 2 is 1.66 bits per heavy atom. The Balaban J connectivity index is 1.24. The summed E-state index contributed by atoms with van der Waals surface area (Å²) in [5.74, 6) is 2.76. The standard InChI is InChI=1S/C39H49N3O5/c1-6-29(24-7-11-27(46-4)12-8-24)38(25-9-13-28(47-5)14-10-25)40-22-36(45)42-41-34-21-31-30(37-23(2)19-26(43)20-32(34)37)17-18-39(3)33(31)15-16-35(39)44/h7-14,19-20,29-31,33,35,38,40,43-44H,6,15-18,21-22H2,1-5H3,(H,42,45). The molecule has 2 fully saturated rings. The number of phenolic OH excluding ortho intramolecular Hbond substituents is 1. The first-order chi connectivity index (χ1) is 22.7. The molecule has 4 N–H and O–H groups in total. The van der Waals surface area contributed by atoms with Crippen LogP contribution in [-0.4, -0.2) is 48.7 Å². The number of hydrogen-bond acceptors (Lipinski definition) is 7. The van der Waals surface area contributed by atoms with Crippen LogP contribution in [0.4, 0.5) is 0 Å². The van der Waals surface area contributed by atoms with Crippen LogP contribution in [-0.2, 0) is 4.79 Å². The van der Waals surface area contributed by atoms with E-state index in [2.05, 4.69) is 43.6 Å². The van der Waals surface area contributed by atoms with E-state index in [1.54, 1.807) is 20.3 Å². The number of ether oxygens (including phenoxy) is 2. The van der Waals surface area contributed by atoms with E-state index >= 15 is 0 Å². The Kier molecular flexibility index (Phi) is 9.62. The molecule has 3 aliphatic rings. The van der Waals surface area contributed by atoms with Crippen LogP contribution in [0.15, 0.2) is 65.8 Å². The van der Waals surface area contributed by atoms with Gasteiger partial charge in [0.2, 0.25) is 0 Å². The first-order valence-corrected chi connectivity index (χ1v) is 17.0. The average Bonchev–Trinajstić information content (AvgIpc) is 3.39. The van der Waals surface area contributed by atoms with Crippen molar-refractivity contribution in [3.63, 3.8) is 0 Å². The molecule has 1 amide bonds. The zero-order valence-corrected chi connectivity index (χ0v) is 28.3. The van der Waals surface area contributed by atoms with Crippen molar-refractivity contribution in [2.24, 2.45) is 22.4 Å². The fraction of sp³-hybridized carbons (Fsp3) is 0.487. The molecule has 0 aliphatic heterocycles. The number of hydrazone groups is 1. The summed E-state index contributed by atoms with van der Waals surface area (Å²) in [4.78, 5) is 13.5. The maximum absolute atomic E-state index is 13.5. The van der Waals surface area contributed by atoms with E-state index in [4.69, 9.17) is 14.6 Å². The van der Waals surface area contributed by atoms with Crippen molar-refractivity contribution in [1.29, 1.82) is 0 Å². The molecular weight excluding hydrogens is 590 g/mol. The van der Waals surface area contributed by atoms with Gasteiger partial charge in [-0.3, -0.25) is 4.79 Å². The van der Waals surface area contributed by atoms with Gasteiger partial charge >= 0.3 is 0 Å². The highest BCUT2D eigenvalue weighted by molar-refractivity contribution is 6.04. The molecule has 3 aromatic rings. The van der Waals surface area contributed by atoms with Gasteiger partial charge in [-0.25, -0.2) is 5.43 Å². The van der Waals surface area contributed by atoms with E-state index in [0.29, 0.717) is 24.2 Å². The van der Waals surface area contributed by atoms with Gasteiger partial charge in [0, 0.05) is 17.5 Å². The molecule has 3 aromatic carbocycles. The summed E-state index contributed by atoms with van der Waals surface area (Å²) in [5, 5.41) is 29.8. The fourth-order valence-corrected chi connectivity index (χ4v) is 9.04. The highest BCUT2D eigenvalue weighted by Gasteiger charge is 2.55. The molecule has 0 spiro atoms. The molecule has 6 rings (SSSR count). The Hall–Kier alpha value is -3.88. The molecule has 3 aliphatic carbocycles. The average molecular weight is 640 g/mol. The topological polar surface area (TPSA) is 112 Å². The van der Waals surface area contributed by atoms with Gasteiger partial charge in [0.1, 0.15) is 17.2 Å². The van der Waals surface area contributed by atoms with Gasteiger partial charge in [-0.15, -0.1) is 0 Å². The molecule has 8 nitrogen and oxygen atoms in total. The van der Waals surface area contributed by atoms with Gasteiger partial charge in [-0.05, 0) is 127 Å². The predicted octanol–water partition coefficient (Wildman–Crippen LogP) is 6.74. The minimum absolute atomic E-state index is 0.0744. The number of rotatable bonds is 10. The number of amides is 1. The lowest BCUT2D eigenvalue weighted by molar-refractivity contribution is -0.120. The second-order valence-corrected chi connectivity index (χ2v) is 14.0. The number of nitrogens with zero attached hydrogens (tertiary/aromatic N) is 1. The SMILES string of the molecule is CCC(c1ccc(OC)cc1)C(NCC(=O)NN=C1CC2C(CCC3(C)C(O)CCC23)c2c(C)cc(O)cc21)c1ccc(OC)cc1. The van der Waals surface area contributed by atoms with Crippen molar-refractivity contribution in [2.75, 3.05) is 20.8 Å². The van der Waals surface area contributed by atoms with E-state index in [1.807, 2.05) is 42.5 Å². The normalized spacial score (nSPS) is 26.9. The summed E-state index contributed by atoms with van der Waals surface area (Å²) in [7, 11) is 3.32. The summed E-state index contributed by atoms with van der Waals surface area (Å²) in [6.07, 6.45) is 5.16. The summed E-state index contributed by atoms with van der Waals surface area (Å²) in [6, 6.07) is 19.6. The quantitative estimate of drug-likeness (QED) is 0.183. The molecule has 0 saturated heterocycles.